The minimum atomic E-state index is -1.23. The van der Waals surface area contributed by atoms with Gasteiger partial charge in [0.05, 0.1) is 0 Å². The number of carbonyl (C=O) groups excluding carboxylic acids is 4. The van der Waals surface area contributed by atoms with Crippen LogP contribution >= 0.6 is 0 Å². The summed E-state index contributed by atoms with van der Waals surface area (Å²) >= 11 is 0. The van der Waals surface area contributed by atoms with Gasteiger partial charge in [0, 0.05) is 6.04 Å². The van der Waals surface area contributed by atoms with Gasteiger partial charge in [-0.1, -0.05) is 30.3 Å². The van der Waals surface area contributed by atoms with Gasteiger partial charge in [0.2, 0.25) is 0 Å². The smallest absolute Gasteiger partial charge is 0.326 e. The van der Waals surface area contributed by atoms with E-state index in [1.807, 2.05) is 0 Å². The highest BCUT2D eigenvalue weighted by atomic mass is 16.5. The van der Waals surface area contributed by atoms with Crippen LogP contribution in [0.4, 0.5) is 4.79 Å². The summed E-state index contributed by atoms with van der Waals surface area (Å²) in [5.41, 5.74) is -0.616. The number of esters is 1. The van der Waals surface area contributed by atoms with E-state index in [9.17, 15) is 19.2 Å². The lowest BCUT2D eigenvalue weighted by molar-refractivity contribution is -0.151. The van der Waals surface area contributed by atoms with E-state index in [1.54, 1.807) is 37.3 Å². The Morgan fingerprint density at radius 3 is 2.60 bits per heavy atom. The quantitative estimate of drug-likeness (QED) is 0.569. The van der Waals surface area contributed by atoms with Gasteiger partial charge in [-0.2, -0.15) is 0 Å². The van der Waals surface area contributed by atoms with Crippen LogP contribution in [0, 0.1) is 0 Å². The van der Waals surface area contributed by atoms with E-state index in [1.165, 1.54) is 0 Å². The monoisotopic (exact) mass is 345 g/mol. The summed E-state index contributed by atoms with van der Waals surface area (Å²) in [7, 11) is 0. The van der Waals surface area contributed by atoms with Crippen molar-refractivity contribution in [2.24, 2.45) is 0 Å². The molecule has 0 aromatic heterocycles. The number of hydrogen-bond acceptors (Lipinski definition) is 5. The van der Waals surface area contributed by atoms with E-state index >= 15 is 0 Å². The van der Waals surface area contributed by atoms with Crippen LogP contribution in [0.2, 0.25) is 0 Å². The number of nitrogens with one attached hydrogen (secondary N) is 2. The number of carbonyl (C=O) groups is 4. The van der Waals surface area contributed by atoms with Crippen LogP contribution in [0.5, 0.6) is 0 Å². The summed E-state index contributed by atoms with van der Waals surface area (Å²) in [6.45, 7) is 0.621. The summed E-state index contributed by atoms with van der Waals surface area (Å²) in [4.78, 5) is 48.9. The lowest BCUT2D eigenvalue weighted by atomic mass is 9.92. The van der Waals surface area contributed by atoms with Crippen molar-refractivity contribution in [1.82, 2.24) is 15.5 Å². The van der Waals surface area contributed by atoms with E-state index < -0.39 is 36.6 Å². The molecule has 1 saturated heterocycles. The lowest BCUT2D eigenvalue weighted by Gasteiger charge is -2.21. The first-order chi connectivity index (χ1) is 11.9. The molecule has 1 aliphatic carbocycles. The molecule has 1 aromatic carbocycles. The Morgan fingerprint density at radius 1 is 1.28 bits per heavy atom. The molecule has 0 unspecified atom stereocenters. The Morgan fingerprint density at radius 2 is 1.96 bits per heavy atom. The van der Waals surface area contributed by atoms with Crippen LogP contribution in [-0.2, 0) is 24.7 Å². The second-order valence-corrected chi connectivity index (χ2v) is 6.31. The van der Waals surface area contributed by atoms with E-state index in [2.05, 4.69) is 10.6 Å². The third-order valence-electron chi connectivity index (χ3n) is 4.22. The van der Waals surface area contributed by atoms with Crippen LogP contribution in [-0.4, -0.2) is 47.9 Å². The molecule has 4 amide bonds. The molecule has 3 rings (SSSR count). The highest BCUT2D eigenvalue weighted by Crippen LogP contribution is 2.28. The summed E-state index contributed by atoms with van der Waals surface area (Å²) in [6, 6.07) is 8.27. The van der Waals surface area contributed by atoms with E-state index in [4.69, 9.17) is 4.74 Å². The fourth-order valence-electron chi connectivity index (χ4n) is 2.63. The van der Waals surface area contributed by atoms with E-state index in [0.717, 1.165) is 17.7 Å². The van der Waals surface area contributed by atoms with Crippen molar-refractivity contribution in [3.63, 3.8) is 0 Å². The number of ether oxygens (including phenoxy) is 1. The number of benzene rings is 1. The Bertz CT molecular complexity index is 716. The molecule has 2 aliphatic rings. The Kier molecular flexibility index (Phi) is 4.43. The maximum Gasteiger partial charge on any atom is 0.326 e. The third-order valence-corrected chi connectivity index (χ3v) is 4.22. The molecule has 1 aliphatic heterocycles. The molecule has 1 aromatic rings. The average Bonchev–Trinajstić information content (AvgIpc) is 3.38. The van der Waals surface area contributed by atoms with E-state index in [0.29, 0.717) is 5.56 Å². The molecular formula is C17H19N3O5. The Balaban J connectivity index is 1.58. The first-order valence-electron chi connectivity index (χ1n) is 8.05. The SMILES string of the molecule is C[C@]1(c2ccccc2)NC(=O)N(CC(=O)OCC(=O)NC2CC2)C1=O. The topological polar surface area (TPSA) is 105 Å². The van der Waals surface area contributed by atoms with Gasteiger partial charge < -0.3 is 15.4 Å². The maximum absolute atomic E-state index is 12.6. The average molecular weight is 345 g/mol. The highest BCUT2D eigenvalue weighted by Gasteiger charge is 2.49. The Hall–Kier alpha value is -2.90. The van der Waals surface area contributed by atoms with Gasteiger partial charge in [0.25, 0.3) is 11.8 Å². The van der Waals surface area contributed by atoms with Gasteiger partial charge in [-0.15, -0.1) is 0 Å². The first-order valence-corrected chi connectivity index (χ1v) is 8.05. The van der Waals surface area contributed by atoms with Gasteiger partial charge >= 0.3 is 12.0 Å². The maximum atomic E-state index is 12.6. The van der Waals surface area contributed by atoms with E-state index in [-0.39, 0.29) is 11.9 Å². The highest BCUT2D eigenvalue weighted by molar-refractivity contribution is 6.08. The predicted octanol–water partition coefficient (Wildman–Crippen LogP) is 0.275. The first kappa shape index (κ1) is 16.9. The molecule has 25 heavy (non-hydrogen) atoms. The molecule has 8 nitrogen and oxygen atoms in total. The molecule has 0 bridgehead atoms. The molecule has 2 N–H and O–H groups in total. The molecule has 1 atom stereocenters. The van der Waals surface area contributed by atoms with Crippen molar-refractivity contribution < 1.29 is 23.9 Å². The molecule has 132 valence electrons. The van der Waals surface area contributed by atoms with Gasteiger partial charge in [-0.25, -0.2) is 4.79 Å². The zero-order valence-corrected chi connectivity index (χ0v) is 13.8. The second kappa shape index (κ2) is 6.54. The van der Waals surface area contributed by atoms with Crippen LogP contribution in [0.1, 0.15) is 25.3 Å². The molecule has 8 heteroatoms. The van der Waals surface area contributed by atoms with Crippen molar-refractivity contribution in [1.29, 1.82) is 0 Å². The van der Waals surface area contributed by atoms with Crippen LogP contribution < -0.4 is 10.6 Å². The van der Waals surface area contributed by atoms with Gasteiger partial charge in [0.1, 0.15) is 12.1 Å². The second-order valence-electron chi connectivity index (χ2n) is 6.31. The fourth-order valence-corrected chi connectivity index (χ4v) is 2.63. The number of hydrogen-bond donors (Lipinski definition) is 2. The summed E-state index contributed by atoms with van der Waals surface area (Å²) in [6.07, 6.45) is 1.86. The standard InChI is InChI=1S/C17H19N3O5/c1-17(11-5-3-2-4-6-11)15(23)20(16(24)19-17)9-14(22)25-10-13(21)18-12-7-8-12/h2-6,12H,7-10H2,1H3,(H,18,21)(H,19,24)/t17-/m1/s1. The number of amides is 4. The molecule has 1 heterocycles. The van der Waals surface area contributed by atoms with Gasteiger partial charge in [-0.05, 0) is 25.3 Å². The number of rotatable bonds is 6. The van der Waals surface area contributed by atoms with Crippen LogP contribution in [0.25, 0.3) is 0 Å². The van der Waals surface area contributed by atoms with Gasteiger partial charge in [-0.3, -0.25) is 19.3 Å². The third kappa shape index (κ3) is 3.62. The lowest BCUT2D eigenvalue weighted by Crippen LogP contribution is -2.42. The minimum Gasteiger partial charge on any atom is -0.454 e. The van der Waals surface area contributed by atoms with Crippen molar-refractivity contribution in [3.05, 3.63) is 35.9 Å². The normalized spacial score (nSPS) is 22.5. The summed E-state index contributed by atoms with van der Waals surface area (Å²) in [5, 5.41) is 5.28. The number of imide groups is 1. The minimum absolute atomic E-state index is 0.170. The molecular weight excluding hydrogens is 326 g/mol. The summed E-state index contributed by atoms with van der Waals surface area (Å²) in [5.74, 6) is -1.74. The van der Waals surface area contributed by atoms with Crippen LogP contribution in [0.3, 0.4) is 0 Å². The van der Waals surface area contributed by atoms with Crippen molar-refractivity contribution in [3.8, 4) is 0 Å². The van der Waals surface area contributed by atoms with Crippen molar-refractivity contribution in [2.45, 2.75) is 31.3 Å². The molecule has 2 fully saturated rings. The summed E-state index contributed by atoms with van der Waals surface area (Å²) < 4.78 is 4.84. The molecule has 0 radical (unpaired) electrons. The predicted molar refractivity (Wildman–Crippen MR) is 86.2 cm³/mol. The number of nitrogens with zero attached hydrogens (tertiary/aromatic N) is 1. The van der Waals surface area contributed by atoms with Crippen molar-refractivity contribution >= 4 is 23.8 Å². The van der Waals surface area contributed by atoms with Crippen LogP contribution in [0.15, 0.2) is 30.3 Å². The zero-order valence-electron chi connectivity index (χ0n) is 13.8. The number of urea groups is 1. The zero-order chi connectivity index (χ0) is 18.0. The molecule has 0 spiro atoms. The Labute approximate surface area is 144 Å². The molecule has 1 saturated carbocycles. The largest absolute Gasteiger partial charge is 0.454 e. The van der Waals surface area contributed by atoms with Crippen molar-refractivity contribution in [2.75, 3.05) is 13.2 Å². The fraction of sp³-hybridized carbons (Fsp3) is 0.412. The van der Waals surface area contributed by atoms with Gasteiger partial charge in [0.15, 0.2) is 6.61 Å².